The van der Waals surface area contributed by atoms with Crippen molar-refractivity contribution in [1.82, 2.24) is 4.57 Å². The van der Waals surface area contributed by atoms with E-state index in [2.05, 4.69) is 10.3 Å². The van der Waals surface area contributed by atoms with Gasteiger partial charge in [0.1, 0.15) is 4.21 Å². The van der Waals surface area contributed by atoms with Crippen LogP contribution in [0, 0.1) is 12.3 Å². The highest BCUT2D eigenvalue weighted by atomic mass is 32.2. The van der Waals surface area contributed by atoms with Crippen LogP contribution < -0.4 is 14.3 Å². The topological polar surface area (TPSA) is 69.9 Å². The number of thiophene rings is 1. The number of methoxy groups -OCH3 is 2. The maximum absolute atomic E-state index is 12.5. The minimum atomic E-state index is -3.79. The second kappa shape index (κ2) is 6.92. The molecular formula is C16H14N2O4S3. The van der Waals surface area contributed by atoms with Gasteiger partial charge in [-0.3, -0.25) is 0 Å². The van der Waals surface area contributed by atoms with Gasteiger partial charge in [-0.05, 0) is 11.4 Å². The van der Waals surface area contributed by atoms with Crippen molar-refractivity contribution in [1.29, 1.82) is 0 Å². The van der Waals surface area contributed by atoms with Gasteiger partial charge in [0, 0.05) is 12.1 Å². The lowest BCUT2D eigenvalue weighted by atomic mass is 10.3. The van der Waals surface area contributed by atoms with E-state index in [-0.39, 0.29) is 10.8 Å². The van der Waals surface area contributed by atoms with Gasteiger partial charge in [-0.1, -0.05) is 23.3 Å². The standard InChI is InChI=1S/C16H14N2O4S3/c1-4-7-18-11-9-12(21-2)13(22-3)10-14(11)24-16(18)17-25(19,20)15-6-5-8-23-15/h1,5-6,8-10H,7H2,2-3H3. The third kappa shape index (κ3) is 3.28. The SMILES string of the molecule is C#CCn1c(=NS(=O)(=O)c2cccs2)sc2cc(OC)c(OC)cc21. The summed E-state index contributed by atoms with van der Waals surface area (Å²) in [7, 11) is -0.711. The molecule has 0 saturated carbocycles. The van der Waals surface area contributed by atoms with Gasteiger partial charge >= 0.3 is 0 Å². The first-order chi connectivity index (χ1) is 12.0. The van der Waals surface area contributed by atoms with E-state index in [1.807, 2.05) is 0 Å². The summed E-state index contributed by atoms with van der Waals surface area (Å²) in [5.74, 6) is 3.62. The number of fused-ring (bicyclic) bond motifs is 1. The quantitative estimate of drug-likeness (QED) is 0.624. The first-order valence-electron chi connectivity index (χ1n) is 7.03. The van der Waals surface area contributed by atoms with Crippen molar-refractivity contribution in [3.8, 4) is 23.8 Å². The molecule has 6 nitrogen and oxygen atoms in total. The Morgan fingerprint density at radius 1 is 1.28 bits per heavy atom. The fraction of sp³-hybridized carbons (Fsp3) is 0.188. The molecule has 2 heterocycles. The maximum atomic E-state index is 12.5. The average Bonchev–Trinajstić information content (AvgIpc) is 3.23. The Bertz CT molecular complexity index is 1120. The number of aromatic nitrogens is 1. The predicted octanol–water partition coefficient (Wildman–Crippen LogP) is 2.70. The van der Waals surface area contributed by atoms with Gasteiger partial charge in [0.25, 0.3) is 10.0 Å². The fourth-order valence-corrected chi connectivity index (χ4v) is 5.48. The molecule has 0 spiro atoms. The van der Waals surface area contributed by atoms with Crippen molar-refractivity contribution in [3.05, 3.63) is 34.4 Å². The van der Waals surface area contributed by atoms with E-state index in [0.29, 0.717) is 16.3 Å². The van der Waals surface area contributed by atoms with Crippen LogP contribution in [0.1, 0.15) is 0 Å². The molecule has 0 aliphatic rings. The van der Waals surface area contributed by atoms with E-state index in [1.165, 1.54) is 24.5 Å². The number of thiazole rings is 1. The first-order valence-corrected chi connectivity index (χ1v) is 10.2. The van der Waals surface area contributed by atoms with E-state index in [1.54, 1.807) is 35.3 Å². The number of hydrogen-bond acceptors (Lipinski definition) is 6. The van der Waals surface area contributed by atoms with E-state index in [9.17, 15) is 8.42 Å². The Morgan fingerprint density at radius 3 is 2.60 bits per heavy atom. The molecule has 0 atom stereocenters. The summed E-state index contributed by atoms with van der Waals surface area (Å²) in [5, 5.41) is 1.69. The molecule has 9 heteroatoms. The molecule has 0 aliphatic carbocycles. The van der Waals surface area contributed by atoms with Gasteiger partial charge in [-0.2, -0.15) is 8.42 Å². The molecule has 0 aliphatic heterocycles. The summed E-state index contributed by atoms with van der Waals surface area (Å²) in [6.07, 6.45) is 5.45. The molecule has 3 aromatic rings. The van der Waals surface area contributed by atoms with Gasteiger partial charge in [-0.15, -0.1) is 22.2 Å². The monoisotopic (exact) mass is 394 g/mol. The number of terminal acetylenes is 1. The summed E-state index contributed by atoms with van der Waals surface area (Å²) >= 11 is 2.35. The number of nitrogens with zero attached hydrogens (tertiary/aromatic N) is 2. The lowest BCUT2D eigenvalue weighted by Crippen LogP contribution is -2.16. The van der Waals surface area contributed by atoms with Gasteiger partial charge in [0.05, 0.1) is 31.0 Å². The van der Waals surface area contributed by atoms with Crippen molar-refractivity contribution in [3.63, 3.8) is 0 Å². The number of ether oxygens (including phenoxy) is 2. The van der Waals surface area contributed by atoms with E-state index in [4.69, 9.17) is 15.9 Å². The average molecular weight is 394 g/mol. The summed E-state index contributed by atoms with van der Waals surface area (Å²) in [6.45, 7) is 0.189. The second-order valence-corrected chi connectivity index (χ2v) is 8.64. The van der Waals surface area contributed by atoms with Crippen LogP contribution in [0.3, 0.4) is 0 Å². The third-order valence-electron chi connectivity index (χ3n) is 3.39. The minimum absolute atomic E-state index is 0.187. The van der Waals surface area contributed by atoms with Crippen molar-refractivity contribution >= 4 is 42.9 Å². The van der Waals surface area contributed by atoms with Crippen LogP contribution in [0.2, 0.25) is 0 Å². The third-order valence-corrected chi connectivity index (χ3v) is 7.18. The Balaban J connectivity index is 2.30. The fourth-order valence-electron chi connectivity index (χ4n) is 2.27. The Labute approximate surface area is 153 Å². The summed E-state index contributed by atoms with van der Waals surface area (Å²) in [5.41, 5.74) is 0.737. The maximum Gasteiger partial charge on any atom is 0.294 e. The zero-order valence-electron chi connectivity index (χ0n) is 13.4. The molecule has 0 bridgehead atoms. The molecular weight excluding hydrogens is 380 g/mol. The van der Waals surface area contributed by atoms with Gasteiger partial charge in [0.15, 0.2) is 11.5 Å². The van der Waals surface area contributed by atoms with E-state index < -0.39 is 10.0 Å². The highest BCUT2D eigenvalue weighted by Gasteiger charge is 2.17. The van der Waals surface area contributed by atoms with Crippen LogP contribution in [0.5, 0.6) is 11.5 Å². The van der Waals surface area contributed by atoms with Crippen molar-refractivity contribution < 1.29 is 17.9 Å². The van der Waals surface area contributed by atoms with Crippen LogP contribution in [0.4, 0.5) is 0 Å². The smallest absolute Gasteiger partial charge is 0.294 e. The molecule has 130 valence electrons. The van der Waals surface area contributed by atoms with Crippen molar-refractivity contribution in [2.75, 3.05) is 14.2 Å². The highest BCUT2D eigenvalue weighted by molar-refractivity contribution is 7.92. The molecule has 3 rings (SSSR count). The largest absolute Gasteiger partial charge is 0.493 e. The Morgan fingerprint density at radius 2 is 2.00 bits per heavy atom. The van der Waals surface area contributed by atoms with Crippen molar-refractivity contribution in [2.24, 2.45) is 4.40 Å². The predicted molar refractivity (Wildman–Crippen MR) is 98.8 cm³/mol. The second-order valence-electron chi connectivity index (χ2n) is 4.85. The molecule has 25 heavy (non-hydrogen) atoms. The number of benzene rings is 1. The zero-order chi connectivity index (χ0) is 18.0. The van der Waals surface area contributed by atoms with Gasteiger partial charge < -0.3 is 14.0 Å². The van der Waals surface area contributed by atoms with Crippen LogP contribution in [-0.2, 0) is 16.6 Å². The van der Waals surface area contributed by atoms with Crippen LogP contribution >= 0.6 is 22.7 Å². The minimum Gasteiger partial charge on any atom is -0.493 e. The molecule has 0 amide bonds. The van der Waals surface area contributed by atoms with Crippen molar-refractivity contribution in [2.45, 2.75) is 10.8 Å². The normalized spacial score (nSPS) is 12.3. The van der Waals surface area contributed by atoms with E-state index >= 15 is 0 Å². The molecule has 0 saturated heterocycles. The van der Waals surface area contributed by atoms with Crippen LogP contribution in [0.15, 0.2) is 38.3 Å². The molecule has 0 unspecified atom stereocenters. The molecule has 0 radical (unpaired) electrons. The molecule has 0 fully saturated rings. The van der Waals surface area contributed by atoms with E-state index in [0.717, 1.165) is 21.6 Å². The van der Waals surface area contributed by atoms with Crippen LogP contribution in [-0.4, -0.2) is 27.2 Å². The molecule has 0 N–H and O–H groups in total. The lowest BCUT2D eigenvalue weighted by Gasteiger charge is -2.08. The molecule has 2 aromatic heterocycles. The number of hydrogen-bond donors (Lipinski definition) is 0. The van der Waals surface area contributed by atoms with Gasteiger partial charge in [0.2, 0.25) is 4.80 Å². The van der Waals surface area contributed by atoms with Crippen LogP contribution in [0.25, 0.3) is 10.2 Å². The zero-order valence-corrected chi connectivity index (χ0v) is 15.9. The summed E-state index contributed by atoms with van der Waals surface area (Å²) < 4.78 is 42.2. The Hall–Kier alpha value is -2.28. The summed E-state index contributed by atoms with van der Waals surface area (Å²) in [4.78, 5) is 0.302. The number of sulfonamides is 1. The first kappa shape index (κ1) is 17.5. The van der Waals surface area contributed by atoms with Gasteiger partial charge in [-0.25, -0.2) is 0 Å². The summed E-state index contributed by atoms with van der Waals surface area (Å²) in [6, 6.07) is 6.74. The lowest BCUT2D eigenvalue weighted by molar-refractivity contribution is 0.355. The Kier molecular flexibility index (Phi) is 4.85. The number of rotatable bonds is 5. The molecule has 1 aromatic carbocycles. The highest BCUT2D eigenvalue weighted by Crippen LogP contribution is 2.33.